The second-order valence-corrected chi connectivity index (χ2v) is 24.7. The Morgan fingerprint density at radius 3 is 1.81 bits per heavy atom. The molecular formula is C66H62N3O2PtS-. The Bertz CT molecular complexity index is 3910. The number of hydrogen-bond acceptors (Lipinski definition) is 5. The molecule has 73 heavy (non-hydrogen) atoms. The molecular weight excluding hydrogens is 1090 g/mol. The van der Waals surface area contributed by atoms with E-state index in [2.05, 4.69) is 239 Å². The van der Waals surface area contributed by atoms with Crippen LogP contribution < -0.4 is 0 Å². The van der Waals surface area contributed by atoms with Crippen LogP contribution in [0.25, 0.3) is 104 Å². The van der Waals surface area contributed by atoms with Crippen LogP contribution in [0.3, 0.4) is 0 Å². The summed E-state index contributed by atoms with van der Waals surface area (Å²) in [5, 5.41) is 15.7. The van der Waals surface area contributed by atoms with Crippen LogP contribution in [0, 0.1) is 6.07 Å². The number of benzene rings is 8. The number of hydrogen-bond donors (Lipinski definition) is 1. The Morgan fingerprint density at radius 2 is 1.14 bits per heavy atom. The minimum Gasteiger partial charge on any atom is -0.507 e. The molecule has 0 aliphatic carbocycles. The van der Waals surface area contributed by atoms with Gasteiger partial charge in [0.15, 0.2) is 0 Å². The van der Waals surface area contributed by atoms with E-state index in [4.69, 9.17) is 14.4 Å². The van der Waals surface area contributed by atoms with Gasteiger partial charge in [-0.15, -0.1) is 29.3 Å². The molecule has 0 fully saturated rings. The van der Waals surface area contributed by atoms with E-state index >= 15 is 0 Å². The summed E-state index contributed by atoms with van der Waals surface area (Å²) < 4.78 is 9.83. The van der Waals surface area contributed by atoms with E-state index in [1.165, 1.54) is 16.7 Å². The second-order valence-electron chi connectivity index (χ2n) is 23.7. The zero-order chi connectivity index (χ0) is 50.6. The van der Waals surface area contributed by atoms with Gasteiger partial charge in [-0.3, -0.25) is 9.55 Å². The molecule has 0 unspecified atom stereocenters. The number of furan rings is 1. The van der Waals surface area contributed by atoms with Crippen molar-refractivity contribution in [2.24, 2.45) is 0 Å². The fraction of sp³-hybridized carbons (Fsp3) is 0.242. The summed E-state index contributed by atoms with van der Waals surface area (Å²) in [7, 11) is 0. The molecule has 11 aromatic rings. The minimum absolute atomic E-state index is 0. The Hall–Kier alpha value is -6.59. The summed E-state index contributed by atoms with van der Waals surface area (Å²) in [6, 6.07) is 58.0. The minimum atomic E-state index is -0.339. The van der Waals surface area contributed by atoms with Crippen LogP contribution in [0.1, 0.15) is 105 Å². The van der Waals surface area contributed by atoms with Crippen LogP contribution in [0.2, 0.25) is 0 Å². The Labute approximate surface area is 448 Å². The Balaban J connectivity index is 0.00000611. The van der Waals surface area contributed by atoms with Crippen LogP contribution in [-0.4, -0.2) is 19.6 Å². The maximum absolute atomic E-state index is 12.6. The first kappa shape index (κ1) is 50.0. The van der Waals surface area contributed by atoms with Crippen molar-refractivity contribution in [3.63, 3.8) is 0 Å². The summed E-state index contributed by atoms with van der Waals surface area (Å²) in [5.41, 5.74) is 17.0. The molecule has 0 saturated heterocycles. The van der Waals surface area contributed by atoms with E-state index < -0.39 is 0 Å². The molecule has 0 spiro atoms. The topological polar surface area (TPSA) is 64.1 Å². The van der Waals surface area contributed by atoms with Crippen LogP contribution in [-0.2, 0) is 42.7 Å². The normalized spacial score (nSPS) is 12.6. The molecule has 7 heteroatoms. The number of imidazole rings is 1. The molecule has 0 atom stereocenters. The summed E-state index contributed by atoms with van der Waals surface area (Å²) in [4.78, 5) is 11.0. The molecule has 0 radical (unpaired) electrons. The molecule has 3 heterocycles. The van der Waals surface area contributed by atoms with Gasteiger partial charge in [0, 0.05) is 53.7 Å². The summed E-state index contributed by atoms with van der Waals surface area (Å²) in [6.07, 6.45) is 0. The summed E-state index contributed by atoms with van der Waals surface area (Å²) >= 11 is 1.68. The number of thiazole rings is 1. The van der Waals surface area contributed by atoms with Crippen molar-refractivity contribution in [3.8, 4) is 66.8 Å². The van der Waals surface area contributed by atoms with E-state index in [0.29, 0.717) is 11.4 Å². The average Bonchev–Trinajstić information content (AvgIpc) is 4.05. The average molecular weight is 1160 g/mol. The number of nitrogens with zero attached hydrogens (tertiary/aromatic N) is 3. The third-order valence-electron chi connectivity index (χ3n) is 14.2. The maximum Gasteiger partial charge on any atom is 0.148 e. The third-order valence-corrected chi connectivity index (χ3v) is 15.3. The summed E-state index contributed by atoms with van der Waals surface area (Å²) in [5.74, 6) is 0.926. The fourth-order valence-electron chi connectivity index (χ4n) is 9.98. The Kier molecular flexibility index (Phi) is 12.4. The van der Waals surface area contributed by atoms with Gasteiger partial charge in [-0.05, 0) is 91.9 Å². The van der Waals surface area contributed by atoms with Crippen molar-refractivity contribution < 1.29 is 30.6 Å². The zero-order valence-electron chi connectivity index (χ0n) is 43.9. The van der Waals surface area contributed by atoms with Crippen molar-refractivity contribution in [1.29, 1.82) is 0 Å². The Morgan fingerprint density at radius 1 is 0.507 bits per heavy atom. The van der Waals surface area contributed by atoms with Crippen LogP contribution in [0.15, 0.2) is 156 Å². The molecule has 0 amide bonds. The van der Waals surface area contributed by atoms with Crippen LogP contribution in [0.4, 0.5) is 0 Å². The van der Waals surface area contributed by atoms with Gasteiger partial charge in [0.2, 0.25) is 0 Å². The predicted molar refractivity (Wildman–Crippen MR) is 304 cm³/mol. The fourth-order valence-corrected chi connectivity index (χ4v) is 10.9. The van der Waals surface area contributed by atoms with E-state index in [-0.39, 0.29) is 48.5 Å². The SMILES string of the molecule is CC(C)(C)c1cc(-c2nc3cc4oc5ccc(-c6ccccc6)cc5c4cc3s2)[c-]c(-c2cccc3c2nc(-c2cc(C(C)(C)C)cc(C(C)(C)C)c2O)n3-c2ccc(C(C)(C)C)cc2-c2ccccc2)c1.[Pt]. The summed E-state index contributed by atoms with van der Waals surface area (Å²) in [6.45, 7) is 26.8. The van der Waals surface area contributed by atoms with Gasteiger partial charge in [0.05, 0.1) is 32.8 Å². The monoisotopic (exact) mass is 1160 g/mol. The third kappa shape index (κ3) is 9.16. The zero-order valence-corrected chi connectivity index (χ0v) is 46.9. The number of para-hydroxylation sites is 1. The molecule has 0 saturated carbocycles. The van der Waals surface area contributed by atoms with Gasteiger partial charge in [-0.2, -0.15) is 11.3 Å². The molecule has 1 N–H and O–H groups in total. The molecule has 5 nitrogen and oxygen atoms in total. The number of rotatable bonds is 6. The van der Waals surface area contributed by atoms with E-state index in [1.807, 2.05) is 6.07 Å². The van der Waals surface area contributed by atoms with Gasteiger partial charge in [-0.25, -0.2) is 4.98 Å². The van der Waals surface area contributed by atoms with Crippen molar-refractivity contribution in [2.75, 3.05) is 0 Å². The molecule has 0 aliphatic heterocycles. The van der Waals surface area contributed by atoms with E-state index in [0.717, 1.165) is 98.4 Å². The standard InChI is InChI=1S/C66H62N3O2S.Pt/c1-63(2,3)44-27-28-54(48(34-44)40-22-17-14-18-23-40)69-55-25-19-24-47(59(55)68-61(69)51-35-46(65(7,8)9)36-52(60(51)70)66(10,11)12)42-30-43(32-45(31-42)64(4,5)6)62-67-53-38-57-50(37-58(53)72-62)49-33-41(26-29-56(49)71-57)39-20-15-13-16-21-39;/h13-29,31-38,70H,1-12H3;/q-1;. The maximum atomic E-state index is 12.6. The van der Waals surface area contributed by atoms with Crippen molar-refractivity contribution in [1.82, 2.24) is 14.5 Å². The van der Waals surface area contributed by atoms with E-state index in [1.54, 1.807) is 11.3 Å². The van der Waals surface area contributed by atoms with Crippen molar-refractivity contribution in [2.45, 2.75) is 105 Å². The first-order valence-electron chi connectivity index (χ1n) is 25.1. The molecule has 370 valence electrons. The molecule has 8 aromatic carbocycles. The number of phenolic OH excluding ortho intramolecular Hbond substituents is 1. The van der Waals surface area contributed by atoms with Crippen molar-refractivity contribution in [3.05, 3.63) is 180 Å². The van der Waals surface area contributed by atoms with Crippen LogP contribution in [0.5, 0.6) is 5.75 Å². The quantitative estimate of drug-likeness (QED) is 0.169. The molecule has 0 aliphatic rings. The van der Waals surface area contributed by atoms with Gasteiger partial charge in [-0.1, -0.05) is 185 Å². The van der Waals surface area contributed by atoms with Crippen molar-refractivity contribution >= 4 is 54.5 Å². The first-order valence-corrected chi connectivity index (χ1v) is 25.9. The number of fused-ring (bicyclic) bond motifs is 5. The van der Waals surface area contributed by atoms with Gasteiger partial charge in [0.25, 0.3) is 0 Å². The van der Waals surface area contributed by atoms with Gasteiger partial charge in [0.1, 0.15) is 22.7 Å². The molecule has 0 bridgehead atoms. The second kappa shape index (κ2) is 18.1. The number of aromatic hydroxyl groups is 1. The molecule has 3 aromatic heterocycles. The number of phenols is 1. The van der Waals surface area contributed by atoms with Crippen LogP contribution >= 0.6 is 11.3 Å². The molecule has 11 rings (SSSR count). The predicted octanol–water partition coefficient (Wildman–Crippen LogP) is 18.6. The van der Waals surface area contributed by atoms with Gasteiger partial charge < -0.3 is 9.52 Å². The van der Waals surface area contributed by atoms with E-state index in [9.17, 15) is 5.11 Å². The largest absolute Gasteiger partial charge is 0.507 e. The first-order chi connectivity index (χ1) is 34.1. The van der Waals surface area contributed by atoms with Gasteiger partial charge >= 0.3 is 0 Å². The number of aromatic nitrogens is 3. The smallest absolute Gasteiger partial charge is 0.148 e.